The lowest BCUT2D eigenvalue weighted by atomic mass is 9.95. The molecule has 2 aromatic rings. The van der Waals surface area contributed by atoms with Gasteiger partial charge in [-0.25, -0.2) is 9.98 Å². The highest BCUT2D eigenvalue weighted by Crippen LogP contribution is 2.40. The van der Waals surface area contributed by atoms with E-state index in [-0.39, 0.29) is 5.54 Å². The first kappa shape index (κ1) is 20.2. The van der Waals surface area contributed by atoms with E-state index in [9.17, 15) is 0 Å². The molecular weight excluding hydrogens is 397 g/mol. The van der Waals surface area contributed by atoms with Crippen molar-refractivity contribution in [2.75, 3.05) is 11.2 Å². The number of nitrogens with zero attached hydrogens (tertiary/aromatic N) is 3. The Bertz CT molecular complexity index is 919. The normalized spacial score (nSPS) is 21.1. The fourth-order valence-corrected chi connectivity index (χ4v) is 4.24. The van der Waals surface area contributed by atoms with Gasteiger partial charge in [0.05, 0.1) is 15.7 Å². The fourth-order valence-electron chi connectivity index (χ4n) is 3.28. The molecule has 6 heteroatoms. The first-order valence-corrected chi connectivity index (χ1v) is 10.8. The van der Waals surface area contributed by atoms with Gasteiger partial charge < -0.3 is 4.90 Å². The van der Waals surface area contributed by atoms with E-state index in [2.05, 4.69) is 50.8 Å². The van der Waals surface area contributed by atoms with Crippen LogP contribution in [-0.2, 0) is 0 Å². The van der Waals surface area contributed by atoms with Crippen LogP contribution < -0.4 is 4.90 Å². The second kappa shape index (κ2) is 7.86. The third-order valence-corrected chi connectivity index (χ3v) is 6.44. The molecule has 0 bridgehead atoms. The number of para-hydroxylation sites is 1. The first-order valence-electron chi connectivity index (χ1n) is 8.85. The Kier molecular flexibility index (Phi) is 5.90. The van der Waals surface area contributed by atoms with Gasteiger partial charge in [-0.3, -0.25) is 0 Å². The van der Waals surface area contributed by atoms with Crippen LogP contribution in [0.25, 0.3) is 0 Å². The number of rotatable bonds is 3. The van der Waals surface area contributed by atoms with Crippen LogP contribution in [0.3, 0.4) is 0 Å². The van der Waals surface area contributed by atoms with Gasteiger partial charge in [-0.05, 0) is 62.8 Å². The molecule has 0 aromatic heterocycles. The third-order valence-electron chi connectivity index (χ3n) is 5.06. The molecule has 0 radical (unpaired) electrons. The van der Waals surface area contributed by atoms with E-state index in [0.29, 0.717) is 10.0 Å². The fraction of sp³-hybridized carbons (Fsp3) is 0.333. The van der Waals surface area contributed by atoms with E-state index >= 15 is 0 Å². The van der Waals surface area contributed by atoms with Crippen LogP contribution in [0.4, 0.5) is 11.4 Å². The van der Waals surface area contributed by atoms with Crippen LogP contribution in [0.2, 0.25) is 10.0 Å². The summed E-state index contributed by atoms with van der Waals surface area (Å²) in [5.41, 5.74) is 3.88. The summed E-state index contributed by atoms with van der Waals surface area (Å²) in [7, 11) is 0. The molecule has 0 fully saturated rings. The summed E-state index contributed by atoms with van der Waals surface area (Å²) in [6.45, 7) is 8.50. The van der Waals surface area contributed by atoms with Crippen LogP contribution in [0.5, 0.6) is 0 Å². The second-order valence-corrected chi connectivity index (χ2v) is 8.42. The van der Waals surface area contributed by atoms with E-state index in [0.717, 1.165) is 39.9 Å². The van der Waals surface area contributed by atoms with E-state index in [1.807, 2.05) is 24.5 Å². The molecular formula is C21H23Cl2N3S. The summed E-state index contributed by atoms with van der Waals surface area (Å²) in [5, 5.41) is 1.99. The Hall–Kier alpha value is -1.49. The van der Waals surface area contributed by atoms with Gasteiger partial charge in [0.1, 0.15) is 5.54 Å². The molecule has 1 heterocycles. The minimum Gasteiger partial charge on any atom is -0.308 e. The Morgan fingerprint density at radius 2 is 1.78 bits per heavy atom. The lowest BCUT2D eigenvalue weighted by Gasteiger charge is -2.36. The molecule has 1 atom stereocenters. The third kappa shape index (κ3) is 3.63. The largest absolute Gasteiger partial charge is 0.308 e. The van der Waals surface area contributed by atoms with E-state index < -0.39 is 0 Å². The number of hydrogen-bond donors (Lipinski definition) is 0. The highest BCUT2D eigenvalue weighted by atomic mass is 35.5. The van der Waals surface area contributed by atoms with E-state index in [1.54, 1.807) is 11.8 Å². The zero-order valence-electron chi connectivity index (χ0n) is 16.2. The Balaban J connectivity index is 2.16. The highest BCUT2D eigenvalue weighted by molar-refractivity contribution is 8.13. The van der Waals surface area contributed by atoms with Crippen molar-refractivity contribution >= 4 is 57.3 Å². The molecule has 3 rings (SSSR count). The standard InChI is InChI=1S/C21H23Cl2N3S/c1-6-21(4)19(24-18-13(2)8-7-9-14(18)3)25-20(27-5)26(21)15-10-11-16(22)17(23)12-15/h7-12H,6H2,1-5H3. The van der Waals surface area contributed by atoms with Gasteiger partial charge in [-0.15, -0.1) is 0 Å². The van der Waals surface area contributed by atoms with Gasteiger partial charge in [0.2, 0.25) is 0 Å². The second-order valence-electron chi connectivity index (χ2n) is 6.84. The maximum Gasteiger partial charge on any atom is 0.170 e. The van der Waals surface area contributed by atoms with Crippen molar-refractivity contribution < 1.29 is 0 Å². The molecule has 1 aliphatic heterocycles. The van der Waals surface area contributed by atoms with Crippen LogP contribution in [-0.4, -0.2) is 22.8 Å². The number of aliphatic imine (C=N–C) groups is 2. The first-order chi connectivity index (χ1) is 12.8. The molecule has 142 valence electrons. The minimum atomic E-state index is -0.371. The van der Waals surface area contributed by atoms with Crippen LogP contribution in [0, 0.1) is 13.8 Å². The number of anilines is 1. The number of thioether (sulfide) groups is 1. The zero-order chi connectivity index (χ0) is 19.8. The molecule has 0 N–H and O–H groups in total. The molecule has 27 heavy (non-hydrogen) atoms. The lowest BCUT2D eigenvalue weighted by molar-refractivity contribution is 0.605. The average molecular weight is 420 g/mol. The monoisotopic (exact) mass is 419 g/mol. The van der Waals surface area contributed by atoms with Crippen LogP contribution >= 0.6 is 35.0 Å². The van der Waals surface area contributed by atoms with Crippen LogP contribution in [0.1, 0.15) is 31.4 Å². The van der Waals surface area contributed by atoms with Gasteiger partial charge in [-0.1, -0.05) is 60.1 Å². The minimum absolute atomic E-state index is 0.371. The predicted molar refractivity (Wildman–Crippen MR) is 122 cm³/mol. The Morgan fingerprint density at radius 3 is 2.33 bits per heavy atom. The summed E-state index contributed by atoms with van der Waals surface area (Å²) in [5.74, 6) is 0.817. The molecule has 0 aliphatic carbocycles. The van der Waals surface area contributed by atoms with Crippen molar-refractivity contribution in [3.05, 3.63) is 57.6 Å². The van der Waals surface area contributed by atoms with Gasteiger partial charge in [0.25, 0.3) is 0 Å². The molecule has 3 nitrogen and oxygen atoms in total. The summed E-state index contributed by atoms with van der Waals surface area (Å²) < 4.78 is 0. The Morgan fingerprint density at radius 1 is 1.11 bits per heavy atom. The number of halogens is 2. The summed E-state index contributed by atoms with van der Waals surface area (Å²) >= 11 is 14.0. The molecule has 0 saturated heterocycles. The summed E-state index contributed by atoms with van der Waals surface area (Å²) in [6, 6.07) is 11.9. The maximum absolute atomic E-state index is 6.29. The molecule has 1 aliphatic rings. The van der Waals surface area contributed by atoms with Crippen molar-refractivity contribution in [1.29, 1.82) is 0 Å². The van der Waals surface area contributed by atoms with Gasteiger partial charge in [0, 0.05) is 5.69 Å². The quantitative estimate of drug-likeness (QED) is 0.532. The predicted octanol–water partition coefficient (Wildman–Crippen LogP) is 7.05. The van der Waals surface area contributed by atoms with Gasteiger partial charge in [-0.2, -0.15) is 0 Å². The van der Waals surface area contributed by atoms with E-state index in [4.69, 9.17) is 33.2 Å². The summed E-state index contributed by atoms with van der Waals surface area (Å²) in [6.07, 6.45) is 2.88. The van der Waals surface area contributed by atoms with Crippen LogP contribution in [0.15, 0.2) is 46.4 Å². The number of hydrogen-bond acceptors (Lipinski definition) is 3. The lowest BCUT2D eigenvalue weighted by Crippen LogP contribution is -2.48. The van der Waals surface area contributed by atoms with Gasteiger partial charge >= 0.3 is 0 Å². The number of benzene rings is 2. The highest BCUT2D eigenvalue weighted by Gasteiger charge is 2.44. The van der Waals surface area contributed by atoms with E-state index in [1.165, 1.54) is 0 Å². The van der Waals surface area contributed by atoms with Crippen molar-refractivity contribution in [3.8, 4) is 0 Å². The molecule has 1 unspecified atom stereocenters. The Labute approximate surface area is 175 Å². The van der Waals surface area contributed by atoms with Crippen molar-refractivity contribution in [1.82, 2.24) is 0 Å². The SMILES string of the molecule is CCC1(C)C(=Nc2c(C)cccc2C)N=C(SC)N1c1ccc(Cl)c(Cl)c1. The number of amidine groups is 2. The maximum atomic E-state index is 6.29. The molecule has 0 amide bonds. The smallest absolute Gasteiger partial charge is 0.170 e. The van der Waals surface area contributed by atoms with Crippen molar-refractivity contribution in [2.45, 2.75) is 39.7 Å². The van der Waals surface area contributed by atoms with Crippen molar-refractivity contribution in [3.63, 3.8) is 0 Å². The molecule has 0 spiro atoms. The topological polar surface area (TPSA) is 28.0 Å². The zero-order valence-corrected chi connectivity index (χ0v) is 18.5. The van der Waals surface area contributed by atoms with Gasteiger partial charge in [0.15, 0.2) is 11.0 Å². The average Bonchev–Trinajstić information content (AvgIpc) is 2.93. The van der Waals surface area contributed by atoms with Crippen molar-refractivity contribution in [2.24, 2.45) is 9.98 Å². The molecule has 0 saturated carbocycles. The number of aryl methyl sites for hydroxylation is 2. The molecule has 2 aromatic carbocycles. The summed E-state index contributed by atoms with van der Waals surface area (Å²) in [4.78, 5) is 12.1.